The van der Waals surface area contributed by atoms with Gasteiger partial charge in [0.05, 0.1) is 5.69 Å². The Balaban J connectivity index is 1.37. The van der Waals surface area contributed by atoms with Crippen LogP contribution in [0.1, 0.15) is 30.0 Å². The van der Waals surface area contributed by atoms with Crippen LogP contribution in [0.4, 0.5) is 5.13 Å². The number of carbonyl (C=O) groups excluding carboxylic acids is 1. The van der Waals surface area contributed by atoms with Gasteiger partial charge in [0, 0.05) is 37.5 Å². The zero-order chi connectivity index (χ0) is 16.5. The molecule has 0 bridgehead atoms. The van der Waals surface area contributed by atoms with E-state index in [1.165, 1.54) is 5.56 Å². The van der Waals surface area contributed by atoms with Crippen LogP contribution in [0.15, 0.2) is 35.7 Å². The van der Waals surface area contributed by atoms with Crippen molar-refractivity contribution >= 4 is 22.4 Å². The molecule has 0 radical (unpaired) electrons. The molecule has 24 heavy (non-hydrogen) atoms. The van der Waals surface area contributed by atoms with Crippen LogP contribution in [0.25, 0.3) is 0 Å². The Labute approximate surface area is 147 Å². The van der Waals surface area contributed by atoms with Gasteiger partial charge in [-0.05, 0) is 31.2 Å². The Hall–Kier alpha value is -1.88. The first-order valence-electron chi connectivity index (χ1n) is 8.73. The first kappa shape index (κ1) is 15.6. The minimum absolute atomic E-state index is 0.195. The maximum Gasteiger partial charge on any atom is 0.226 e. The summed E-state index contributed by atoms with van der Waals surface area (Å²) in [5.74, 6) is 0.974. The van der Waals surface area contributed by atoms with E-state index in [0.29, 0.717) is 11.8 Å². The van der Waals surface area contributed by atoms with E-state index in [1.807, 2.05) is 13.0 Å². The number of thiazole rings is 1. The third-order valence-corrected chi connectivity index (χ3v) is 6.04. The second kappa shape index (κ2) is 6.55. The van der Waals surface area contributed by atoms with Crippen LogP contribution in [0, 0.1) is 12.8 Å². The predicted octanol–water partition coefficient (Wildman–Crippen LogP) is 3.29. The van der Waals surface area contributed by atoms with Gasteiger partial charge in [0.1, 0.15) is 0 Å². The fourth-order valence-electron chi connectivity index (χ4n) is 3.59. The summed E-state index contributed by atoms with van der Waals surface area (Å²) in [5, 5.41) is 3.19. The average Bonchev–Trinajstić information content (AvgIpc) is 3.35. The third kappa shape index (κ3) is 3.18. The molecule has 1 saturated carbocycles. The summed E-state index contributed by atoms with van der Waals surface area (Å²) < 4.78 is 0. The van der Waals surface area contributed by atoms with Crippen LogP contribution in [0.3, 0.4) is 0 Å². The van der Waals surface area contributed by atoms with Gasteiger partial charge in [0.2, 0.25) is 5.91 Å². The molecule has 4 nitrogen and oxygen atoms in total. The highest BCUT2D eigenvalue weighted by Gasteiger charge is 2.45. The van der Waals surface area contributed by atoms with E-state index in [1.54, 1.807) is 11.3 Å². The molecule has 1 amide bonds. The maximum atomic E-state index is 12.8. The number of anilines is 1. The van der Waals surface area contributed by atoms with Crippen molar-refractivity contribution < 1.29 is 4.79 Å². The Morgan fingerprint density at radius 2 is 2.00 bits per heavy atom. The van der Waals surface area contributed by atoms with Crippen LogP contribution in [0.5, 0.6) is 0 Å². The normalized spacial score (nSPS) is 23.9. The van der Waals surface area contributed by atoms with E-state index < -0.39 is 0 Å². The Morgan fingerprint density at radius 1 is 1.17 bits per heavy atom. The molecule has 5 heteroatoms. The van der Waals surface area contributed by atoms with E-state index in [-0.39, 0.29) is 5.92 Å². The van der Waals surface area contributed by atoms with Crippen LogP contribution < -0.4 is 4.90 Å². The number of hydrogen-bond acceptors (Lipinski definition) is 4. The highest BCUT2D eigenvalue weighted by atomic mass is 32.1. The molecule has 1 aromatic heterocycles. The Kier molecular flexibility index (Phi) is 4.27. The summed E-state index contributed by atoms with van der Waals surface area (Å²) in [6.07, 6.45) is 2.03. The van der Waals surface area contributed by atoms with Gasteiger partial charge in [-0.1, -0.05) is 30.3 Å². The van der Waals surface area contributed by atoms with Gasteiger partial charge in [-0.3, -0.25) is 4.79 Å². The van der Waals surface area contributed by atoms with Gasteiger partial charge in [0.25, 0.3) is 0 Å². The summed E-state index contributed by atoms with van der Waals surface area (Å²) in [6.45, 7) is 5.60. The summed E-state index contributed by atoms with van der Waals surface area (Å²) in [6, 6.07) is 10.5. The SMILES string of the molecule is Cc1csc(N2CCCN(C(=O)[C@H]3C[C@H]3c3ccccc3)CC2)n1. The molecule has 1 aliphatic heterocycles. The van der Waals surface area contributed by atoms with Crippen LogP contribution >= 0.6 is 11.3 Å². The summed E-state index contributed by atoms with van der Waals surface area (Å²) in [4.78, 5) is 21.8. The maximum absolute atomic E-state index is 12.8. The minimum atomic E-state index is 0.195. The van der Waals surface area contributed by atoms with Gasteiger partial charge < -0.3 is 9.80 Å². The molecule has 126 valence electrons. The summed E-state index contributed by atoms with van der Waals surface area (Å²) >= 11 is 1.70. The predicted molar refractivity (Wildman–Crippen MR) is 97.6 cm³/mol. The topological polar surface area (TPSA) is 36.4 Å². The largest absolute Gasteiger partial charge is 0.346 e. The van der Waals surface area contributed by atoms with E-state index in [0.717, 1.165) is 49.8 Å². The molecule has 0 N–H and O–H groups in total. The average molecular weight is 341 g/mol. The molecule has 2 heterocycles. The van der Waals surface area contributed by atoms with Crippen molar-refractivity contribution in [1.82, 2.24) is 9.88 Å². The van der Waals surface area contributed by atoms with Crippen molar-refractivity contribution in [2.45, 2.75) is 25.7 Å². The van der Waals surface area contributed by atoms with Crippen molar-refractivity contribution in [2.75, 3.05) is 31.1 Å². The second-order valence-electron chi connectivity index (χ2n) is 6.80. The molecule has 2 atom stereocenters. The van der Waals surface area contributed by atoms with Gasteiger partial charge in [-0.25, -0.2) is 4.98 Å². The minimum Gasteiger partial charge on any atom is -0.346 e. The number of amides is 1. The van der Waals surface area contributed by atoms with Crippen molar-refractivity contribution in [3.05, 3.63) is 47.0 Å². The second-order valence-corrected chi connectivity index (χ2v) is 7.63. The van der Waals surface area contributed by atoms with Crippen molar-refractivity contribution in [3.8, 4) is 0 Å². The summed E-state index contributed by atoms with van der Waals surface area (Å²) in [7, 11) is 0. The van der Waals surface area contributed by atoms with E-state index >= 15 is 0 Å². The fraction of sp³-hybridized carbons (Fsp3) is 0.474. The van der Waals surface area contributed by atoms with E-state index in [9.17, 15) is 4.79 Å². The molecule has 0 spiro atoms. The summed E-state index contributed by atoms with van der Waals surface area (Å²) in [5.41, 5.74) is 2.39. The lowest BCUT2D eigenvalue weighted by Gasteiger charge is -2.22. The first-order chi connectivity index (χ1) is 11.7. The number of aromatic nitrogens is 1. The monoisotopic (exact) mass is 341 g/mol. The molecule has 1 aliphatic carbocycles. The molecule has 2 fully saturated rings. The van der Waals surface area contributed by atoms with Gasteiger partial charge in [0.15, 0.2) is 5.13 Å². The molecule has 2 aromatic rings. The van der Waals surface area contributed by atoms with Crippen molar-refractivity contribution in [1.29, 1.82) is 0 Å². The Bertz CT molecular complexity index is 714. The number of carbonyl (C=O) groups is 1. The smallest absolute Gasteiger partial charge is 0.226 e. The van der Waals surface area contributed by atoms with E-state index in [4.69, 9.17) is 0 Å². The first-order valence-corrected chi connectivity index (χ1v) is 9.61. The lowest BCUT2D eigenvalue weighted by molar-refractivity contribution is -0.132. The highest BCUT2D eigenvalue weighted by molar-refractivity contribution is 7.13. The van der Waals surface area contributed by atoms with Crippen LogP contribution in [-0.2, 0) is 4.79 Å². The molecule has 0 unspecified atom stereocenters. The standard InChI is InChI=1S/C19H23N3OS/c1-14-13-24-19(20-14)22-9-5-8-21(10-11-22)18(23)17-12-16(17)15-6-3-2-4-7-15/h2-4,6-7,13,16-17H,5,8-12H2,1H3/t16-,17-/m0/s1. The van der Waals surface area contributed by atoms with Crippen LogP contribution in [-0.4, -0.2) is 42.0 Å². The zero-order valence-corrected chi connectivity index (χ0v) is 14.8. The number of nitrogens with zero attached hydrogens (tertiary/aromatic N) is 3. The number of benzene rings is 1. The Morgan fingerprint density at radius 3 is 2.75 bits per heavy atom. The van der Waals surface area contributed by atoms with Gasteiger partial charge in [-0.2, -0.15) is 0 Å². The molecule has 1 aromatic carbocycles. The quantitative estimate of drug-likeness (QED) is 0.859. The lowest BCUT2D eigenvalue weighted by Crippen LogP contribution is -2.36. The number of aryl methyl sites for hydroxylation is 1. The third-order valence-electron chi connectivity index (χ3n) is 5.02. The van der Waals surface area contributed by atoms with Crippen LogP contribution in [0.2, 0.25) is 0 Å². The van der Waals surface area contributed by atoms with E-state index in [2.05, 4.69) is 44.4 Å². The fourth-order valence-corrected chi connectivity index (χ4v) is 4.44. The van der Waals surface area contributed by atoms with Crippen molar-refractivity contribution in [3.63, 3.8) is 0 Å². The van der Waals surface area contributed by atoms with Gasteiger partial charge in [-0.15, -0.1) is 11.3 Å². The highest BCUT2D eigenvalue weighted by Crippen LogP contribution is 2.48. The van der Waals surface area contributed by atoms with Crippen molar-refractivity contribution in [2.24, 2.45) is 5.92 Å². The lowest BCUT2D eigenvalue weighted by atomic mass is 10.1. The molecule has 1 saturated heterocycles. The van der Waals surface area contributed by atoms with Gasteiger partial charge >= 0.3 is 0 Å². The zero-order valence-electron chi connectivity index (χ0n) is 14.0. The molecule has 2 aliphatic rings. The molecular formula is C19H23N3OS. The molecular weight excluding hydrogens is 318 g/mol. The molecule has 4 rings (SSSR count). The number of hydrogen-bond donors (Lipinski definition) is 0. The number of rotatable bonds is 3.